The standard InChI is InChI=1S/C21H33N3O4S2/c1-2-29-16-12-18(25)23(20(16)27)9-5-3-4-6-10-24-19(26)13-17(21(24)28)30-15-8-7-14(22)11-15/h14-17H,2-13,22H2,1H3. The van der Waals surface area contributed by atoms with E-state index in [1.54, 1.807) is 11.8 Å². The zero-order chi connectivity index (χ0) is 21.7. The smallest absolute Gasteiger partial charge is 0.242 e. The lowest BCUT2D eigenvalue weighted by Crippen LogP contribution is -2.33. The molecule has 3 rings (SSSR count). The molecule has 0 spiro atoms. The number of unbranched alkanes of at least 4 members (excludes halogenated alkanes) is 3. The number of carbonyl (C=O) groups is 4. The van der Waals surface area contributed by atoms with Crippen molar-refractivity contribution < 1.29 is 19.2 Å². The lowest BCUT2D eigenvalue weighted by molar-refractivity contribution is -0.140. The van der Waals surface area contributed by atoms with Gasteiger partial charge in [-0.15, -0.1) is 23.5 Å². The molecule has 1 aliphatic carbocycles. The molecule has 3 aliphatic rings. The van der Waals surface area contributed by atoms with Gasteiger partial charge in [-0.25, -0.2) is 0 Å². The topological polar surface area (TPSA) is 101 Å². The van der Waals surface area contributed by atoms with Crippen LogP contribution in [0.4, 0.5) is 0 Å². The first-order chi connectivity index (χ1) is 14.4. The highest BCUT2D eigenvalue weighted by atomic mass is 32.2. The first kappa shape index (κ1) is 23.6. The van der Waals surface area contributed by atoms with E-state index in [0.717, 1.165) is 50.7 Å². The summed E-state index contributed by atoms with van der Waals surface area (Å²) >= 11 is 3.17. The lowest BCUT2D eigenvalue weighted by atomic mass is 10.2. The van der Waals surface area contributed by atoms with Gasteiger partial charge in [-0.3, -0.25) is 29.0 Å². The number of rotatable bonds is 11. The van der Waals surface area contributed by atoms with Gasteiger partial charge in [0.2, 0.25) is 23.6 Å². The molecule has 7 nitrogen and oxygen atoms in total. The third-order valence-electron chi connectivity index (χ3n) is 6.07. The van der Waals surface area contributed by atoms with Gasteiger partial charge < -0.3 is 5.73 Å². The normalized spacial score (nSPS) is 29.7. The van der Waals surface area contributed by atoms with E-state index in [4.69, 9.17) is 5.73 Å². The van der Waals surface area contributed by atoms with E-state index in [-0.39, 0.29) is 40.2 Å². The summed E-state index contributed by atoms with van der Waals surface area (Å²) in [6.07, 6.45) is 6.87. The van der Waals surface area contributed by atoms with Crippen molar-refractivity contribution in [2.75, 3.05) is 18.8 Å². The van der Waals surface area contributed by atoms with E-state index >= 15 is 0 Å². The summed E-state index contributed by atoms with van der Waals surface area (Å²) in [6.45, 7) is 2.93. The highest BCUT2D eigenvalue weighted by molar-refractivity contribution is 8.01. The number of carbonyl (C=O) groups excluding carboxylic acids is 4. The summed E-state index contributed by atoms with van der Waals surface area (Å²) in [5.41, 5.74) is 5.95. The molecule has 1 saturated carbocycles. The molecule has 0 aromatic rings. The van der Waals surface area contributed by atoms with Crippen LogP contribution in [0.15, 0.2) is 0 Å². The maximum atomic E-state index is 12.6. The Hall–Kier alpha value is -1.06. The average Bonchev–Trinajstić information content (AvgIpc) is 3.31. The van der Waals surface area contributed by atoms with Crippen molar-refractivity contribution in [1.29, 1.82) is 0 Å². The Morgan fingerprint density at radius 1 is 0.867 bits per heavy atom. The Labute approximate surface area is 187 Å². The third-order valence-corrected chi connectivity index (χ3v) is 8.68. The maximum Gasteiger partial charge on any atom is 0.242 e. The van der Waals surface area contributed by atoms with E-state index in [2.05, 4.69) is 0 Å². The Morgan fingerprint density at radius 2 is 1.43 bits per heavy atom. The van der Waals surface area contributed by atoms with Crippen LogP contribution in [0.25, 0.3) is 0 Å². The second-order valence-electron chi connectivity index (χ2n) is 8.35. The van der Waals surface area contributed by atoms with Crippen LogP contribution < -0.4 is 5.73 Å². The molecule has 4 unspecified atom stereocenters. The molecule has 2 aliphatic heterocycles. The van der Waals surface area contributed by atoms with Gasteiger partial charge in [0, 0.05) is 37.2 Å². The van der Waals surface area contributed by atoms with Gasteiger partial charge in [0.25, 0.3) is 0 Å². The minimum Gasteiger partial charge on any atom is -0.328 e. The number of hydrogen-bond donors (Lipinski definition) is 1. The molecule has 0 radical (unpaired) electrons. The fraction of sp³-hybridized carbons (Fsp3) is 0.810. The Balaban J connectivity index is 1.32. The van der Waals surface area contributed by atoms with E-state index in [1.165, 1.54) is 21.6 Å². The third kappa shape index (κ3) is 5.79. The van der Waals surface area contributed by atoms with Crippen LogP contribution in [0.1, 0.15) is 64.7 Å². The van der Waals surface area contributed by atoms with Crippen LogP contribution in [0, 0.1) is 0 Å². The first-order valence-electron chi connectivity index (χ1n) is 11.1. The highest BCUT2D eigenvalue weighted by Gasteiger charge is 2.41. The monoisotopic (exact) mass is 455 g/mol. The van der Waals surface area contributed by atoms with E-state index in [9.17, 15) is 19.2 Å². The second-order valence-corrected chi connectivity index (χ2v) is 11.3. The Bertz CT molecular complexity index is 675. The van der Waals surface area contributed by atoms with Gasteiger partial charge in [-0.1, -0.05) is 19.8 Å². The van der Waals surface area contributed by atoms with Crippen LogP contribution in [-0.4, -0.2) is 74.1 Å². The zero-order valence-electron chi connectivity index (χ0n) is 17.7. The highest BCUT2D eigenvalue weighted by Crippen LogP contribution is 2.36. The molecule has 3 fully saturated rings. The van der Waals surface area contributed by atoms with E-state index in [1.807, 2.05) is 6.92 Å². The molecule has 0 aromatic carbocycles. The van der Waals surface area contributed by atoms with Gasteiger partial charge in [0.15, 0.2) is 0 Å². The van der Waals surface area contributed by atoms with Crippen LogP contribution in [-0.2, 0) is 19.2 Å². The van der Waals surface area contributed by atoms with Gasteiger partial charge in [-0.2, -0.15) is 0 Å². The number of hydrogen-bond acceptors (Lipinski definition) is 7. The lowest BCUT2D eigenvalue weighted by Gasteiger charge is -2.17. The van der Waals surface area contributed by atoms with Gasteiger partial charge >= 0.3 is 0 Å². The average molecular weight is 456 g/mol. The Morgan fingerprint density at radius 3 is 1.97 bits per heavy atom. The quantitative estimate of drug-likeness (QED) is 0.376. The van der Waals surface area contributed by atoms with Crippen LogP contribution >= 0.6 is 23.5 Å². The number of nitrogens with zero attached hydrogens (tertiary/aromatic N) is 2. The fourth-order valence-electron chi connectivity index (χ4n) is 4.44. The fourth-order valence-corrected chi connectivity index (χ4v) is 6.95. The van der Waals surface area contributed by atoms with Gasteiger partial charge in [0.1, 0.15) is 0 Å². The number of imide groups is 2. The molecule has 2 N–H and O–H groups in total. The van der Waals surface area contributed by atoms with Gasteiger partial charge in [-0.05, 0) is 37.9 Å². The largest absolute Gasteiger partial charge is 0.328 e. The van der Waals surface area contributed by atoms with Crippen molar-refractivity contribution in [3.63, 3.8) is 0 Å². The maximum absolute atomic E-state index is 12.6. The van der Waals surface area contributed by atoms with Crippen LogP contribution in [0.3, 0.4) is 0 Å². The Kier molecular flexibility index (Phi) is 8.65. The molecule has 30 heavy (non-hydrogen) atoms. The van der Waals surface area contributed by atoms with E-state index in [0.29, 0.717) is 31.2 Å². The minimum absolute atomic E-state index is 0.0433. The van der Waals surface area contributed by atoms with Crippen LogP contribution in [0.5, 0.6) is 0 Å². The first-order valence-corrected chi connectivity index (χ1v) is 13.1. The summed E-state index contributed by atoms with van der Waals surface area (Å²) in [5.74, 6) is 0.613. The summed E-state index contributed by atoms with van der Waals surface area (Å²) in [6, 6.07) is 0.230. The zero-order valence-corrected chi connectivity index (χ0v) is 19.3. The number of nitrogens with two attached hydrogens (primary N) is 1. The summed E-state index contributed by atoms with van der Waals surface area (Å²) in [7, 11) is 0. The van der Waals surface area contributed by atoms with Crippen molar-refractivity contribution in [2.24, 2.45) is 5.73 Å². The molecular weight excluding hydrogens is 422 g/mol. The van der Waals surface area contributed by atoms with Crippen LogP contribution in [0.2, 0.25) is 0 Å². The number of likely N-dealkylation sites (tertiary alicyclic amines) is 2. The summed E-state index contributed by atoms with van der Waals surface area (Å²) in [4.78, 5) is 51.9. The second kappa shape index (κ2) is 11.0. The molecule has 168 valence electrons. The molecule has 0 aromatic heterocycles. The minimum atomic E-state index is -0.242. The molecule has 9 heteroatoms. The summed E-state index contributed by atoms with van der Waals surface area (Å²) < 4.78 is 0. The molecule has 4 atom stereocenters. The SMILES string of the molecule is CCSC1CC(=O)N(CCCCCCN2C(=O)CC(SC3CCC(N)C3)C2=O)C1=O. The van der Waals surface area contributed by atoms with Gasteiger partial charge in [0.05, 0.1) is 10.5 Å². The van der Waals surface area contributed by atoms with Crippen molar-refractivity contribution >= 4 is 47.2 Å². The predicted molar refractivity (Wildman–Crippen MR) is 120 cm³/mol. The van der Waals surface area contributed by atoms with Crippen molar-refractivity contribution in [1.82, 2.24) is 9.80 Å². The van der Waals surface area contributed by atoms with Crippen molar-refractivity contribution in [3.8, 4) is 0 Å². The van der Waals surface area contributed by atoms with Crippen molar-refractivity contribution in [2.45, 2.75) is 86.5 Å². The molecule has 2 saturated heterocycles. The van der Waals surface area contributed by atoms with Crippen molar-refractivity contribution in [3.05, 3.63) is 0 Å². The molecular formula is C21H33N3O4S2. The van der Waals surface area contributed by atoms with E-state index < -0.39 is 0 Å². The predicted octanol–water partition coefficient (Wildman–Crippen LogP) is 2.17. The number of amides is 4. The molecule has 2 heterocycles. The molecule has 4 amide bonds. The summed E-state index contributed by atoms with van der Waals surface area (Å²) in [5, 5.41) is -0.0533. The number of thioether (sulfide) groups is 2. The molecule has 0 bridgehead atoms.